The van der Waals surface area contributed by atoms with Gasteiger partial charge in [0.25, 0.3) is 0 Å². The average molecular weight is 291 g/mol. The number of methoxy groups -OCH3 is 1. The van der Waals surface area contributed by atoms with Gasteiger partial charge >= 0.3 is 5.97 Å². The number of carbonyl (C=O) groups is 3. The number of Topliss-reactive ketones (excluding diaryl/α,β-unsaturated/α-hetero) is 1. The molecule has 2 atom stereocenters. The highest BCUT2D eigenvalue weighted by Crippen LogP contribution is 2.26. The number of esters is 1. The zero-order valence-corrected chi connectivity index (χ0v) is 12.8. The topological polar surface area (TPSA) is 72.5 Å². The molecule has 114 valence electrons. The van der Waals surface area contributed by atoms with E-state index in [9.17, 15) is 14.4 Å². The van der Waals surface area contributed by atoms with Gasteiger partial charge < -0.3 is 10.1 Å². The summed E-state index contributed by atoms with van der Waals surface area (Å²) < 4.78 is 4.64. The number of benzene rings is 1. The Bertz CT molecular complexity index is 522. The third kappa shape index (κ3) is 5.02. The van der Waals surface area contributed by atoms with E-state index in [1.807, 2.05) is 31.2 Å². The number of carbonyl (C=O) groups excluding carboxylic acids is 3. The summed E-state index contributed by atoms with van der Waals surface area (Å²) in [6.07, 6.45) is -0.0648. The van der Waals surface area contributed by atoms with Gasteiger partial charge in [0.1, 0.15) is 5.78 Å². The van der Waals surface area contributed by atoms with Crippen LogP contribution in [0, 0.1) is 12.8 Å². The fourth-order valence-corrected chi connectivity index (χ4v) is 2.17. The lowest BCUT2D eigenvalue weighted by atomic mass is 9.87. The Morgan fingerprint density at radius 1 is 1.14 bits per heavy atom. The van der Waals surface area contributed by atoms with Gasteiger partial charge in [0.15, 0.2) is 0 Å². The molecule has 5 heteroatoms. The Kier molecular flexibility index (Phi) is 6.09. The van der Waals surface area contributed by atoms with Crippen LogP contribution in [0.25, 0.3) is 0 Å². The highest BCUT2D eigenvalue weighted by molar-refractivity contribution is 5.85. The quantitative estimate of drug-likeness (QED) is 0.813. The van der Waals surface area contributed by atoms with Crippen LogP contribution in [0.1, 0.15) is 37.4 Å². The van der Waals surface area contributed by atoms with E-state index in [4.69, 9.17) is 0 Å². The molecule has 0 saturated heterocycles. The van der Waals surface area contributed by atoms with Crippen molar-refractivity contribution in [3.8, 4) is 0 Å². The van der Waals surface area contributed by atoms with Gasteiger partial charge in [-0.15, -0.1) is 0 Å². The van der Waals surface area contributed by atoms with Crippen molar-refractivity contribution in [2.45, 2.75) is 33.2 Å². The maximum absolute atomic E-state index is 11.9. The highest BCUT2D eigenvalue weighted by atomic mass is 16.5. The molecule has 21 heavy (non-hydrogen) atoms. The fourth-order valence-electron chi connectivity index (χ4n) is 2.17. The van der Waals surface area contributed by atoms with Crippen molar-refractivity contribution >= 4 is 17.7 Å². The first-order valence-corrected chi connectivity index (χ1v) is 6.76. The van der Waals surface area contributed by atoms with E-state index in [1.54, 1.807) is 0 Å². The van der Waals surface area contributed by atoms with Crippen molar-refractivity contribution in [2.75, 3.05) is 7.11 Å². The van der Waals surface area contributed by atoms with Crippen LogP contribution in [0.4, 0.5) is 0 Å². The minimum Gasteiger partial charge on any atom is -0.469 e. The first-order chi connectivity index (χ1) is 9.85. The van der Waals surface area contributed by atoms with Crippen molar-refractivity contribution in [3.05, 3.63) is 35.4 Å². The van der Waals surface area contributed by atoms with Gasteiger partial charge in [-0.1, -0.05) is 29.8 Å². The molecule has 0 aromatic heterocycles. The number of amides is 1. The Morgan fingerprint density at radius 2 is 1.71 bits per heavy atom. The molecule has 1 amide bonds. The number of ketones is 1. The summed E-state index contributed by atoms with van der Waals surface area (Å²) in [6, 6.07) is 6.96. The van der Waals surface area contributed by atoms with Gasteiger partial charge in [-0.2, -0.15) is 0 Å². The molecule has 1 rings (SSSR count). The summed E-state index contributed by atoms with van der Waals surface area (Å²) in [7, 11) is 1.28. The smallest absolute Gasteiger partial charge is 0.306 e. The first kappa shape index (κ1) is 16.9. The van der Waals surface area contributed by atoms with Crippen molar-refractivity contribution in [2.24, 2.45) is 5.92 Å². The predicted molar refractivity (Wildman–Crippen MR) is 78.5 cm³/mol. The Hall–Kier alpha value is -2.17. The second-order valence-electron chi connectivity index (χ2n) is 5.09. The lowest BCUT2D eigenvalue weighted by Gasteiger charge is -2.25. The molecule has 0 aliphatic heterocycles. The van der Waals surface area contributed by atoms with Crippen molar-refractivity contribution < 1.29 is 19.1 Å². The van der Waals surface area contributed by atoms with Crippen LogP contribution in [0.2, 0.25) is 0 Å². The number of aryl methyl sites for hydroxylation is 1. The number of hydrogen-bond acceptors (Lipinski definition) is 4. The summed E-state index contributed by atoms with van der Waals surface area (Å²) in [5.41, 5.74) is 1.87. The van der Waals surface area contributed by atoms with Crippen molar-refractivity contribution in [3.63, 3.8) is 0 Å². The molecular weight excluding hydrogens is 270 g/mol. The summed E-state index contributed by atoms with van der Waals surface area (Å²) in [5, 5.41) is 2.76. The van der Waals surface area contributed by atoms with Crippen LogP contribution in [-0.2, 0) is 19.1 Å². The zero-order chi connectivity index (χ0) is 16.0. The fraction of sp³-hybridized carbons (Fsp3) is 0.438. The normalized spacial score (nSPS) is 13.1. The Morgan fingerprint density at radius 3 is 2.14 bits per heavy atom. The molecule has 5 nitrogen and oxygen atoms in total. The lowest BCUT2D eigenvalue weighted by Crippen LogP contribution is -2.36. The summed E-state index contributed by atoms with van der Waals surface area (Å²) in [6.45, 7) is 4.75. The highest BCUT2D eigenvalue weighted by Gasteiger charge is 2.30. The van der Waals surface area contributed by atoms with E-state index in [1.165, 1.54) is 21.0 Å². The Labute approximate surface area is 124 Å². The van der Waals surface area contributed by atoms with Gasteiger partial charge in [0, 0.05) is 6.92 Å². The van der Waals surface area contributed by atoms with Crippen LogP contribution in [0.3, 0.4) is 0 Å². The van der Waals surface area contributed by atoms with E-state index in [0.717, 1.165) is 11.1 Å². The van der Waals surface area contributed by atoms with E-state index in [2.05, 4.69) is 10.1 Å². The van der Waals surface area contributed by atoms with Crippen molar-refractivity contribution in [1.82, 2.24) is 5.32 Å². The SMILES string of the molecule is COC(=O)CC(C(C)=O)C(NC(C)=O)c1ccc(C)cc1. The second kappa shape index (κ2) is 7.57. The number of hydrogen-bond donors (Lipinski definition) is 1. The molecule has 1 N–H and O–H groups in total. The van der Waals surface area contributed by atoms with E-state index >= 15 is 0 Å². The average Bonchev–Trinajstić information content (AvgIpc) is 2.42. The van der Waals surface area contributed by atoms with Gasteiger partial charge in [0.05, 0.1) is 25.5 Å². The van der Waals surface area contributed by atoms with Gasteiger partial charge in [-0.3, -0.25) is 14.4 Å². The van der Waals surface area contributed by atoms with E-state index in [0.29, 0.717) is 0 Å². The third-order valence-electron chi connectivity index (χ3n) is 3.33. The molecule has 0 spiro atoms. The number of nitrogens with one attached hydrogen (secondary N) is 1. The van der Waals surface area contributed by atoms with E-state index < -0.39 is 17.9 Å². The molecule has 0 saturated carbocycles. The van der Waals surface area contributed by atoms with Gasteiger partial charge in [-0.25, -0.2) is 0 Å². The molecule has 0 heterocycles. The van der Waals surface area contributed by atoms with Gasteiger partial charge in [-0.05, 0) is 19.4 Å². The second-order valence-corrected chi connectivity index (χ2v) is 5.09. The maximum atomic E-state index is 11.9. The predicted octanol–water partition coefficient (Wildman–Crippen LogP) is 1.94. The van der Waals surface area contributed by atoms with E-state index in [-0.39, 0.29) is 18.1 Å². The molecule has 0 bridgehead atoms. The van der Waals surface area contributed by atoms with Crippen LogP contribution in [0.15, 0.2) is 24.3 Å². The van der Waals surface area contributed by atoms with Crippen LogP contribution < -0.4 is 5.32 Å². The molecule has 1 aromatic carbocycles. The summed E-state index contributed by atoms with van der Waals surface area (Å²) in [5.74, 6) is -1.54. The minimum absolute atomic E-state index is 0.0648. The summed E-state index contributed by atoms with van der Waals surface area (Å²) >= 11 is 0. The van der Waals surface area contributed by atoms with Crippen LogP contribution in [-0.4, -0.2) is 24.8 Å². The van der Waals surface area contributed by atoms with Gasteiger partial charge in [0.2, 0.25) is 5.91 Å². The number of rotatable bonds is 6. The third-order valence-corrected chi connectivity index (χ3v) is 3.33. The molecule has 1 aromatic rings. The molecule has 0 aliphatic carbocycles. The van der Waals surface area contributed by atoms with Crippen molar-refractivity contribution in [1.29, 1.82) is 0 Å². The zero-order valence-electron chi connectivity index (χ0n) is 12.8. The molecular formula is C16H21NO4. The summed E-state index contributed by atoms with van der Waals surface area (Å²) in [4.78, 5) is 34.9. The molecule has 2 unspecified atom stereocenters. The minimum atomic E-state index is -0.649. The monoisotopic (exact) mass is 291 g/mol. The lowest BCUT2D eigenvalue weighted by molar-refractivity contribution is -0.144. The Balaban J connectivity index is 3.13. The number of ether oxygens (including phenoxy) is 1. The molecule has 0 aliphatic rings. The standard InChI is InChI=1S/C16H21NO4/c1-10-5-7-13(8-6-10)16(17-12(3)19)14(11(2)18)9-15(20)21-4/h5-8,14,16H,9H2,1-4H3,(H,17,19). The van der Waals surface area contributed by atoms with Crippen LogP contribution in [0.5, 0.6) is 0 Å². The molecule has 0 radical (unpaired) electrons. The largest absolute Gasteiger partial charge is 0.469 e. The molecule has 0 fully saturated rings. The maximum Gasteiger partial charge on any atom is 0.306 e. The van der Waals surface area contributed by atoms with Crippen LogP contribution >= 0.6 is 0 Å². The first-order valence-electron chi connectivity index (χ1n) is 6.76.